The minimum absolute atomic E-state index is 0.0648. The molecular weight excluding hydrogens is 382 g/mol. The van der Waals surface area contributed by atoms with Crippen LogP contribution in [0.25, 0.3) is 0 Å². The van der Waals surface area contributed by atoms with E-state index in [-0.39, 0.29) is 48.4 Å². The lowest BCUT2D eigenvalue weighted by atomic mass is 9.80. The Kier molecular flexibility index (Phi) is 6.95. The van der Waals surface area contributed by atoms with E-state index in [1.54, 1.807) is 14.2 Å². The third-order valence-electron chi connectivity index (χ3n) is 7.91. The van der Waals surface area contributed by atoms with Gasteiger partial charge in [0, 0.05) is 27.3 Å². The number of carbonyl (C=O) groups excluding carboxylic acids is 1. The Hall–Kier alpha value is -1.24. The van der Waals surface area contributed by atoms with Gasteiger partial charge in [-0.1, -0.05) is 0 Å². The minimum atomic E-state index is -0.333. The van der Waals surface area contributed by atoms with Gasteiger partial charge >= 0.3 is 0 Å². The fourth-order valence-corrected chi connectivity index (χ4v) is 6.13. The monoisotopic (exact) mass is 419 g/mol. The summed E-state index contributed by atoms with van der Waals surface area (Å²) in [5, 5.41) is 13.4. The van der Waals surface area contributed by atoms with Gasteiger partial charge in [0.15, 0.2) is 0 Å². The second kappa shape index (κ2) is 9.49. The highest BCUT2D eigenvalue weighted by Crippen LogP contribution is 2.37. The normalized spacial score (nSPS) is 42.3. The summed E-state index contributed by atoms with van der Waals surface area (Å²) < 4.78 is 11.2. The first kappa shape index (κ1) is 22.0. The van der Waals surface area contributed by atoms with Gasteiger partial charge in [0.25, 0.3) is 0 Å². The minimum Gasteiger partial charge on any atom is -0.379 e. The van der Waals surface area contributed by atoms with E-state index < -0.39 is 0 Å². The van der Waals surface area contributed by atoms with Gasteiger partial charge in [0.1, 0.15) is 0 Å². The number of hydrogen-bond donors (Lipinski definition) is 2. The molecule has 1 aliphatic carbocycles. The van der Waals surface area contributed by atoms with Crippen molar-refractivity contribution in [3.05, 3.63) is 0 Å². The van der Waals surface area contributed by atoms with Crippen molar-refractivity contribution in [3.8, 4) is 6.07 Å². The Morgan fingerprint density at radius 1 is 1.17 bits per heavy atom. The van der Waals surface area contributed by atoms with E-state index in [0.29, 0.717) is 12.3 Å². The number of rotatable bonds is 5. The van der Waals surface area contributed by atoms with Crippen LogP contribution in [0.5, 0.6) is 0 Å². The zero-order valence-corrected chi connectivity index (χ0v) is 18.3. The number of likely N-dealkylation sites (tertiary alicyclic amines) is 1. The largest absolute Gasteiger partial charge is 0.379 e. The second-order valence-electron chi connectivity index (χ2n) is 9.48. The number of nitrogens with two attached hydrogens (primary N) is 1. The van der Waals surface area contributed by atoms with Crippen LogP contribution in [0.2, 0.25) is 0 Å². The molecule has 30 heavy (non-hydrogen) atoms. The smallest absolute Gasteiger partial charge is 0.229 e. The molecule has 8 atom stereocenters. The predicted molar refractivity (Wildman–Crippen MR) is 112 cm³/mol. The highest BCUT2D eigenvalue weighted by molar-refractivity contribution is 5.81. The number of amides is 1. The van der Waals surface area contributed by atoms with Crippen molar-refractivity contribution >= 4 is 5.91 Å². The van der Waals surface area contributed by atoms with E-state index >= 15 is 0 Å². The van der Waals surface area contributed by atoms with E-state index in [0.717, 1.165) is 58.0 Å². The number of ether oxygens (including phenoxy) is 2. The van der Waals surface area contributed by atoms with Crippen molar-refractivity contribution in [2.45, 2.75) is 82.1 Å². The van der Waals surface area contributed by atoms with Crippen LogP contribution in [0.15, 0.2) is 0 Å². The number of nitriles is 1. The Balaban J connectivity index is 1.45. The van der Waals surface area contributed by atoms with Gasteiger partial charge < -0.3 is 20.1 Å². The van der Waals surface area contributed by atoms with E-state index in [9.17, 15) is 10.1 Å². The van der Waals surface area contributed by atoms with Crippen LogP contribution in [0, 0.1) is 29.1 Å². The highest BCUT2D eigenvalue weighted by Gasteiger charge is 2.50. The molecule has 0 bridgehead atoms. The first-order valence-electron chi connectivity index (χ1n) is 11.6. The quantitative estimate of drug-likeness (QED) is 0.690. The van der Waals surface area contributed by atoms with Crippen LogP contribution in [-0.4, -0.2) is 73.7 Å². The molecule has 0 aromatic rings. The zero-order valence-electron chi connectivity index (χ0n) is 18.3. The van der Waals surface area contributed by atoms with Gasteiger partial charge in [-0.15, -0.1) is 0 Å². The molecule has 3 aliphatic heterocycles. The number of methoxy groups -OCH3 is 2. The average Bonchev–Trinajstić information content (AvgIpc) is 2.78. The fraction of sp³-hybridized carbons (Fsp3) is 0.909. The van der Waals surface area contributed by atoms with Crippen LogP contribution in [0.1, 0.15) is 51.4 Å². The second-order valence-corrected chi connectivity index (χ2v) is 9.48. The van der Waals surface area contributed by atoms with Crippen molar-refractivity contribution in [1.82, 2.24) is 15.1 Å². The molecular formula is C22H37N5O3. The third-order valence-corrected chi connectivity index (χ3v) is 7.91. The maximum absolute atomic E-state index is 13.2. The molecule has 8 nitrogen and oxygen atoms in total. The lowest BCUT2D eigenvalue weighted by Crippen LogP contribution is -2.73. The molecule has 3 N–H and O–H groups in total. The standard InChI is InChI=1S/C22H37N5O3/c1-29-17-7-6-14(11-18(17)30-2)8-10-27-20(24)15(13-23)12-16-21(27)25-19-5-3-4-9-26(19)22(16)28/h14-21,25H,3-12,24H2,1-2H3. The molecule has 0 aromatic heterocycles. The lowest BCUT2D eigenvalue weighted by Gasteiger charge is -2.54. The molecule has 0 aromatic carbocycles. The summed E-state index contributed by atoms with van der Waals surface area (Å²) in [4.78, 5) is 17.5. The van der Waals surface area contributed by atoms with Gasteiger partial charge in [-0.3, -0.25) is 15.0 Å². The van der Waals surface area contributed by atoms with Crippen molar-refractivity contribution in [1.29, 1.82) is 5.26 Å². The summed E-state index contributed by atoms with van der Waals surface area (Å²) >= 11 is 0. The Morgan fingerprint density at radius 3 is 2.70 bits per heavy atom. The van der Waals surface area contributed by atoms with Crippen LogP contribution in [0.3, 0.4) is 0 Å². The summed E-state index contributed by atoms with van der Waals surface area (Å²) in [5.74, 6) is 0.259. The Morgan fingerprint density at radius 2 is 1.97 bits per heavy atom. The highest BCUT2D eigenvalue weighted by atomic mass is 16.5. The van der Waals surface area contributed by atoms with Gasteiger partial charge in [-0.2, -0.15) is 5.26 Å². The number of nitrogens with one attached hydrogen (secondary N) is 1. The Bertz CT molecular complexity index is 655. The van der Waals surface area contributed by atoms with E-state index in [1.807, 2.05) is 4.90 Å². The molecule has 168 valence electrons. The predicted octanol–water partition coefficient (Wildman–Crippen LogP) is 1.22. The summed E-state index contributed by atoms with van der Waals surface area (Å²) in [6, 6.07) is 2.38. The summed E-state index contributed by atoms with van der Waals surface area (Å²) in [5.41, 5.74) is 6.56. The topological polar surface area (TPSA) is 104 Å². The van der Waals surface area contributed by atoms with E-state index in [1.165, 1.54) is 0 Å². The summed E-state index contributed by atoms with van der Waals surface area (Å²) in [6.07, 6.45) is 7.87. The molecule has 3 heterocycles. The van der Waals surface area contributed by atoms with Gasteiger partial charge in [-0.05, 0) is 57.3 Å². The maximum atomic E-state index is 13.2. The first-order valence-corrected chi connectivity index (χ1v) is 11.6. The molecule has 8 unspecified atom stereocenters. The van der Waals surface area contributed by atoms with Gasteiger partial charge in [-0.25, -0.2) is 0 Å². The Labute approximate surface area is 180 Å². The van der Waals surface area contributed by atoms with Crippen molar-refractivity contribution in [3.63, 3.8) is 0 Å². The van der Waals surface area contributed by atoms with Crippen molar-refractivity contribution in [2.24, 2.45) is 23.5 Å². The number of carbonyl (C=O) groups is 1. The number of piperidine rings is 2. The SMILES string of the molecule is COC1CCC(CCN2C(N)C(C#N)CC3C(=O)N4CCCCC4NC32)CC1OC. The molecule has 0 radical (unpaired) electrons. The number of nitrogens with zero attached hydrogens (tertiary/aromatic N) is 3. The molecule has 1 amide bonds. The van der Waals surface area contributed by atoms with Crippen LogP contribution < -0.4 is 11.1 Å². The summed E-state index contributed by atoms with van der Waals surface area (Å²) in [7, 11) is 3.52. The van der Waals surface area contributed by atoms with Crippen molar-refractivity contribution in [2.75, 3.05) is 27.3 Å². The number of fused-ring (bicyclic) bond motifs is 2. The molecule has 4 aliphatic rings. The molecule has 1 saturated carbocycles. The third kappa shape index (κ3) is 4.11. The van der Waals surface area contributed by atoms with Crippen LogP contribution >= 0.6 is 0 Å². The first-order chi connectivity index (χ1) is 14.6. The van der Waals surface area contributed by atoms with Gasteiger partial charge in [0.05, 0.1) is 48.6 Å². The molecule has 4 fully saturated rings. The fourth-order valence-electron chi connectivity index (χ4n) is 6.13. The zero-order chi connectivity index (χ0) is 21.3. The maximum Gasteiger partial charge on any atom is 0.229 e. The molecule has 3 saturated heterocycles. The molecule has 0 spiro atoms. The van der Waals surface area contributed by atoms with Crippen LogP contribution in [-0.2, 0) is 14.3 Å². The van der Waals surface area contributed by atoms with Gasteiger partial charge in [0.2, 0.25) is 5.91 Å². The lowest BCUT2D eigenvalue weighted by molar-refractivity contribution is -0.159. The van der Waals surface area contributed by atoms with Crippen molar-refractivity contribution < 1.29 is 14.3 Å². The molecule has 4 rings (SSSR count). The molecule has 8 heteroatoms. The average molecular weight is 420 g/mol. The van der Waals surface area contributed by atoms with Crippen LogP contribution in [0.4, 0.5) is 0 Å². The number of hydrogen-bond acceptors (Lipinski definition) is 7. The van der Waals surface area contributed by atoms with E-state index in [4.69, 9.17) is 15.2 Å². The van der Waals surface area contributed by atoms with E-state index in [2.05, 4.69) is 16.3 Å². The summed E-state index contributed by atoms with van der Waals surface area (Å²) in [6.45, 7) is 1.62.